The average molecular weight is 308 g/mol. The molecule has 96 valence electrons. The molecule has 0 aliphatic rings. The van der Waals surface area contributed by atoms with Crippen LogP contribution < -0.4 is 5.32 Å². The highest BCUT2D eigenvalue weighted by Gasteiger charge is 2.14. The minimum atomic E-state index is 0.186. The van der Waals surface area contributed by atoms with Crippen molar-refractivity contribution in [3.63, 3.8) is 0 Å². The van der Waals surface area contributed by atoms with Gasteiger partial charge in [0.1, 0.15) is 5.76 Å². The Hall–Kier alpha value is -1.06. The van der Waals surface area contributed by atoms with Gasteiger partial charge >= 0.3 is 0 Å². The summed E-state index contributed by atoms with van der Waals surface area (Å²) in [5, 5.41) is 3.55. The van der Waals surface area contributed by atoms with Crippen LogP contribution >= 0.6 is 15.9 Å². The lowest BCUT2D eigenvalue weighted by Crippen LogP contribution is -2.22. The summed E-state index contributed by atoms with van der Waals surface area (Å²) in [5.74, 6) is 0.947. The summed E-state index contributed by atoms with van der Waals surface area (Å²) in [7, 11) is 0. The second-order valence-electron chi connectivity index (χ2n) is 4.61. The number of hydrogen-bond acceptors (Lipinski definition) is 2. The van der Waals surface area contributed by atoms with Crippen LogP contribution in [0.15, 0.2) is 45.5 Å². The molecule has 1 N–H and O–H groups in total. The van der Waals surface area contributed by atoms with Gasteiger partial charge in [-0.15, -0.1) is 0 Å². The van der Waals surface area contributed by atoms with Crippen LogP contribution in [0.5, 0.6) is 0 Å². The van der Waals surface area contributed by atoms with Crippen LogP contribution in [0.2, 0.25) is 0 Å². The summed E-state index contributed by atoms with van der Waals surface area (Å²) in [6.45, 7) is 6.43. The van der Waals surface area contributed by atoms with E-state index in [1.807, 2.05) is 12.1 Å². The van der Waals surface area contributed by atoms with Gasteiger partial charge in [-0.1, -0.05) is 24.3 Å². The Balaban J connectivity index is 2.08. The van der Waals surface area contributed by atoms with Crippen LogP contribution in [0.4, 0.5) is 0 Å². The van der Waals surface area contributed by atoms with Gasteiger partial charge in [0.25, 0.3) is 0 Å². The SMILES string of the molecule is Cc1ccccc1C(C)NC(C)c1ccc(Br)o1. The van der Waals surface area contributed by atoms with Gasteiger partial charge in [-0.2, -0.15) is 0 Å². The Labute approximate surface area is 117 Å². The van der Waals surface area contributed by atoms with Crippen molar-refractivity contribution in [3.05, 3.63) is 58.0 Å². The zero-order valence-corrected chi connectivity index (χ0v) is 12.5. The summed E-state index contributed by atoms with van der Waals surface area (Å²) >= 11 is 3.33. The van der Waals surface area contributed by atoms with Crippen molar-refractivity contribution in [3.8, 4) is 0 Å². The predicted octanol–water partition coefficient (Wildman–Crippen LogP) is 4.76. The van der Waals surface area contributed by atoms with Crippen molar-refractivity contribution in [2.24, 2.45) is 0 Å². The minimum Gasteiger partial charge on any atom is -0.453 e. The number of nitrogens with one attached hydrogen (secondary N) is 1. The maximum atomic E-state index is 5.57. The second kappa shape index (κ2) is 5.72. The van der Waals surface area contributed by atoms with Gasteiger partial charge in [0.05, 0.1) is 6.04 Å². The van der Waals surface area contributed by atoms with Crippen molar-refractivity contribution >= 4 is 15.9 Å². The van der Waals surface area contributed by atoms with Crippen molar-refractivity contribution in [2.45, 2.75) is 32.9 Å². The van der Waals surface area contributed by atoms with Gasteiger partial charge in [-0.25, -0.2) is 0 Å². The second-order valence-corrected chi connectivity index (χ2v) is 5.39. The maximum absolute atomic E-state index is 5.57. The number of furan rings is 1. The van der Waals surface area contributed by atoms with Crippen LogP contribution in [0, 0.1) is 6.92 Å². The van der Waals surface area contributed by atoms with E-state index in [1.54, 1.807) is 0 Å². The van der Waals surface area contributed by atoms with Crippen LogP contribution in [0.25, 0.3) is 0 Å². The molecule has 3 heteroatoms. The molecule has 18 heavy (non-hydrogen) atoms. The molecular formula is C15H18BrNO. The highest BCUT2D eigenvalue weighted by Crippen LogP contribution is 2.24. The molecular weight excluding hydrogens is 290 g/mol. The molecule has 2 aromatic rings. The Morgan fingerprint density at radius 3 is 2.39 bits per heavy atom. The van der Waals surface area contributed by atoms with Crippen molar-refractivity contribution in [2.75, 3.05) is 0 Å². The van der Waals surface area contributed by atoms with E-state index in [4.69, 9.17) is 4.42 Å². The molecule has 0 amide bonds. The molecule has 0 radical (unpaired) electrons. The van der Waals surface area contributed by atoms with E-state index in [1.165, 1.54) is 11.1 Å². The molecule has 0 bridgehead atoms. The fraction of sp³-hybridized carbons (Fsp3) is 0.333. The summed E-state index contributed by atoms with van der Waals surface area (Å²) in [4.78, 5) is 0. The normalized spacial score (nSPS) is 14.4. The summed E-state index contributed by atoms with van der Waals surface area (Å²) in [6.07, 6.45) is 0. The fourth-order valence-corrected chi connectivity index (χ4v) is 2.50. The van der Waals surface area contributed by atoms with Crippen LogP contribution in [-0.4, -0.2) is 0 Å². The Morgan fingerprint density at radius 1 is 1.06 bits per heavy atom. The maximum Gasteiger partial charge on any atom is 0.169 e. The standard InChI is InChI=1S/C15H18BrNO/c1-10-6-4-5-7-13(10)11(2)17-12(3)14-8-9-15(16)18-14/h4-9,11-12,17H,1-3H3. The monoisotopic (exact) mass is 307 g/mol. The molecule has 0 spiro atoms. The molecule has 0 saturated heterocycles. The average Bonchev–Trinajstić information content (AvgIpc) is 2.76. The lowest BCUT2D eigenvalue weighted by molar-refractivity contribution is 0.393. The molecule has 2 nitrogen and oxygen atoms in total. The van der Waals surface area contributed by atoms with E-state index >= 15 is 0 Å². The quantitative estimate of drug-likeness (QED) is 0.880. The van der Waals surface area contributed by atoms with Crippen LogP contribution in [0.1, 0.15) is 42.8 Å². The largest absolute Gasteiger partial charge is 0.453 e. The Bertz CT molecular complexity index is 521. The molecule has 0 aliphatic heterocycles. The van der Waals surface area contributed by atoms with Gasteiger partial charge in [0, 0.05) is 6.04 Å². The lowest BCUT2D eigenvalue weighted by atomic mass is 10.0. The molecule has 0 saturated carbocycles. The number of benzene rings is 1. The Morgan fingerprint density at radius 2 is 1.78 bits per heavy atom. The zero-order chi connectivity index (χ0) is 13.1. The first-order valence-electron chi connectivity index (χ1n) is 6.14. The molecule has 0 aliphatic carbocycles. The first kappa shape index (κ1) is 13.4. The van der Waals surface area contributed by atoms with Gasteiger partial charge in [-0.3, -0.25) is 0 Å². The smallest absolute Gasteiger partial charge is 0.169 e. The molecule has 2 unspecified atom stereocenters. The summed E-state index contributed by atoms with van der Waals surface area (Å²) in [6, 6.07) is 12.8. The third kappa shape index (κ3) is 3.03. The number of halogens is 1. The van der Waals surface area contributed by atoms with E-state index in [0.29, 0.717) is 6.04 Å². The van der Waals surface area contributed by atoms with Gasteiger partial charge < -0.3 is 9.73 Å². The third-order valence-corrected chi connectivity index (χ3v) is 3.60. The van der Waals surface area contributed by atoms with E-state index in [2.05, 4.69) is 66.3 Å². The van der Waals surface area contributed by atoms with E-state index < -0.39 is 0 Å². The van der Waals surface area contributed by atoms with Crippen molar-refractivity contribution in [1.29, 1.82) is 0 Å². The van der Waals surface area contributed by atoms with Crippen molar-refractivity contribution < 1.29 is 4.42 Å². The van der Waals surface area contributed by atoms with Crippen LogP contribution in [0.3, 0.4) is 0 Å². The molecule has 1 heterocycles. The third-order valence-electron chi connectivity index (χ3n) is 3.18. The highest BCUT2D eigenvalue weighted by atomic mass is 79.9. The van der Waals surface area contributed by atoms with E-state index in [9.17, 15) is 0 Å². The van der Waals surface area contributed by atoms with Crippen LogP contribution in [-0.2, 0) is 0 Å². The summed E-state index contributed by atoms with van der Waals surface area (Å²) in [5.41, 5.74) is 2.64. The molecule has 1 aromatic heterocycles. The van der Waals surface area contributed by atoms with E-state index in [0.717, 1.165) is 10.4 Å². The highest BCUT2D eigenvalue weighted by molar-refractivity contribution is 9.10. The molecule has 2 atom stereocenters. The van der Waals surface area contributed by atoms with Crippen molar-refractivity contribution in [1.82, 2.24) is 5.32 Å². The predicted molar refractivity (Wildman–Crippen MR) is 77.6 cm³/mol. The van der Waals surface area contributed by atoms with E-state index in [-0.39, 0.29) is 6.04 Å². The van der Waals surface area contributed by atoms with Gasteiger partial charge in [0.2, 0.25) is 0 Å². The first-order valence-corrected chi connectivity index (χ1v) is 6.94. The topological polar surface area (TPSA) is 25.2 Å². The number of aryl methyl sites for hydroxylation is 1. The lowest BCUT2D eigenvalue weighted by Gasteiger charge is -2.20. The first-order chi connectivity index (χ1) is 8.58. The fourth-order valence-electron chi connectivity index (χ4n) is 2.18. The molecule has 1 aromatic carbocycles. The number of rotatable bonds is 4. The number of hydrogen-bond donors (Lipinski definition) is 1. The zero-order valence-electron chi connectivity index (χ0n) is 10.9. The molecule has 0 fully saturated rings. The summed E-state index contributed by atoms with van der Waals surface area (Å²) < 4.78 is 6.34. The van der Waals surface area contributed by atoms with Gasteiger partial charge in [0.15, 0.2) is 4.67 Å². The molecule has 2 rings (SSSR count). The minimum absolute atomic E-state index is 0.186. The Kier molecular flexibility index (Phi) is 4.25. The van der Waals surface area contributed by atoms with Gasteiger partial charge in [-0.05, 0) is 60.0 Å².